The van der Waals surface area contributed by atoms with Crippen molar-refractivity contribution in [1.82, 2.24) is 4.98 Å². The number of nitrogens with two attached hydrogens (primary N) is 1. The summed E-state index contributed by atoms with van der Waals surface area (Å²) in [4.78, 5) is 3.83. The molecule has 0 unspecified atom stereocenters. The summed E-state index contributed by atoms with van der Waals surface area (Å²) in [6.45, 7) is 0. The summed E-state index contributed by atoms with van der Waals surface area (Å²) in [5, 5.41) is 3.50. The Morgan fingerprint density at radius 1 is 1.31 bits per heavy atom. The first-order valence-corrected chi connectivity index (χ1v) is 6.77. The van der Waals surface area contributed by atoms with Crippen LogP contribution >= 0.6 is 11.3 Å². The lowest BCUT2D eigenvalue weighted by molar-refractivity contribution is 0.601. The van der Waals surface area contributed by atoms with Gasteiger partial charge in [-0.15, -0.1) is 0 Å². The van der Waals surface area contributed by atoms with Crippen molar-refractivity contribution in [3.8, 4) is 0 Å². The van der Waals surface area contributed by atoms with E-state index < -0.39 is 10.0 Å². The maximum atomic E-state index is 11.8. The highest BCUT2D eigenvalue weighted by Crippen LogP contribution is 2.17. The van der Waals surface area contributed by atoms with Crippen molar-refractivity contribution in [3.05, 3.63) is 35.2 Å². The predicted molar refractivity (Wildman–Crippen MR) is 63.8 cm³/mol. The van der Waals surface area contributed by atoms with Crippen molar-refractivity contribution in [2.24, 2.45) is 0 Å². The first kappa shape index (κ1) is 10.9. The van der Waals surface area contributed by atoms with Gasteiger partial charge < -0.3 is 5.73 Å². The number of thiophene rings is 1. The molecule has 0 saturated carbocycles. The van der Waals surface area contributed by atoms with Gasteiger partial charge in [0.2, 0.25) is 0 Å². The highest BCUT2D eigenvalue weighted by Gasteiger charge is 2.14. The van der Waals surface area contributed by atoms with Crippen molar-refractivity contribution in [1.29, 1.82) is 0 Å². The van der Waals surface area contributed by atoms with Crippen molar-refractivity contribution >= 4 is 32.9 Å². The smallest absolute Gasteiger partial charge is 0.263 e. The van der Waals surface area contributed by atoms with E-state index in [-0.39, 0.29) is 10.7 Å². The van der Waals surface area contributed by atoms with Crippen LogP contribution in [-0.2, 0) is 10.0 Å². The van der Waals surface area contributed by atoms with E-state index in [9.17, 15) is 8.42 Å². The molecule has 0 spiro atoms. The van der Waals surface area contributed by atoms with E-state index >= 15 is 0 Å². The average Bonchev–Trinajstić information content (AvgIpc) is 2.70. The van der Waals surface area contributed by atoms with Crippen LogP contribution in [0, 0.1) is 0 Å². The molecule has 2 aromatic rings. The van der Waals surface area contributed by atoms with Gasteiger partial charge in [-0.2, -0.15) is 11.3 Å². The molecule has 3 N–H and O–H groups in total. The maximum Gasteiger partial charge on any atom is 0.263 e. The number of nitrogens with one attached hydrogen (secondary N) is 1. The van der Waals surface area contributed by atoms with Crippen molar-refractivity contribution in [2.75, 3.05) is 10.5 Å². The lowest BCUT2D eigenvalue weighted by Crippen LogP contribution is -2.12. The minimum absolute atomic E-state index is 0.0906. The fourth-order valence-electron chi connectivity index (χ4n) is 1.09. The SMILES string of the molecule is Nc1ccc(S(=O)(=O)Nc2ccsc2)cn1. The Morgan fingerprint density at radius 2 is 2.12 bits per heavy atom. The molecule has 0 saturated heterocycles. The Labute approximate surface area is 97.0 Å². The molecule has 0 atom stereocenters. The first-order valence-electron chi connectivity index (χ1n) is 4.34. The van der Waals surface area contributed by atoms with Gasteiger partial charge in [-0.1, -0.05) is 0 Å². The van der Waals surface area contributed by atoms with Crippen molar-refractivity contribution in [3.63, 3.8) is 0 Å². The average molecular weight is 255 g/mol. The minimum atomic E-state index is -3.56. The van der Waals surface area contributed by atoms with E-state index in [4.69, 9.17) is 5.73 Å². The molecule has 16 heavy (non-hydrogen) atoms. The molecule has 0 amide bonds. The van der Waals surface area contributed by atoms with Crippen LogP contribution in [0.5, 0.6) is 0 Å². The summed E-state index contributed by atoms with van der Waals surface area (Å²) in [6, 6.07) is 4.55. The van der Waals surface area contributed by atoms with Crippen LogP contribution in [0.1, 0.15) is 0 Å². The Kier molecular flexibility index (Phi) is 2.80. The molecule has 84 valence electrons. The summed E-state index contributed by atoms with van der Waals surface area (Å²) in [7, 11) is -3.56. The second-order valence-electron chi connectivity index (χ2n) is 3.04. The van der Waals surface area contributed by atoms with Crippen molar-refractivity contribution in [2.45, 2.75) is 4.90 Å². The molecule has 0 aliphatic carbocycles. The molecule has 0 bridgehead atoms. The topological polar surface area (TPSA) is 85.1 Å². The zero-order valence-corrected chi connectivity index (χ0v) is 9.75. The number of sulfonamides is 1. The molecule has 2 rings (SSSR count). The number of anilines is 2. The monoisotopic (exact) mass is 255 g/mol. The number of nitrogens with zero attached hydrogens (tertiary/aromatic N) is 1. The third kappa shape index (κ3) is 2.31. The second-order valence-corrected chi connectivity index (χ2v) is 5.50. The second kappa shape index (κ2) is 4.11. The van der Waals surface area contributed by atoms with Crippen LogP contribution in [0.3, 0.4) is 0 Å². The zero-order valence-electron chi connectivity index (χ0n) is 8.12. The van der Waals surface area contributed by atoms with Gasteiger partial charge in [-0.25, -0.2) is 13.4 Å². The minimum Gasteiger partial charge on any atom is -0.384 e. The summed E-state index contributed by atoms with van der Waals surface area (Å²) >= 11 is 1.42. The van der Waals surface area contributed by atoms with Crippen LogP contribution < -0.4 is 10.5 Å². The molecule has 7 heteroatoms. The molecule has 0 radical (unpaired) electrons. The van der Waals surface area contributed by atoms with Crippen LogP contribution in [0.25, 0.3) is 0 Å². The van der Waals surface area contributed by atoms with Crippen LogP contribution in [0.2, 0.25) is 0 Å². The maximum absolute atomic E-state index is 11.8. The van der Waals surface area contributed by atoms with Crippen LogP contribution in [0.4, 0.5) is 11.5 Å². The van der Waals surface area contributed by atoms with Gasteiger partial charge in [-0.3, -0.25) is 4.72 Å². The van der Waals surface area contributed by atoms with Gasteiger partial charge in [-0.05, 0) is 23.6 Å². The molecule has 0 fully saturated rings. The van der Waals surface area contributed by atoms with Gasteiger partial charge >= 0.3 is 0 Å². The standard InChI is InChI=1S/C9H9N3O2S2/c10-9-2-1-8(5-11-9)16(13,14)12-7-3-4-15-6-7/h1-6,12H,(H2,10,11). The fourth-order valence-corrected chi connectivity index (χ4v) is 2.74. The van der Waals surface area contributed by atoms with Crippen LogP contribution in [0.15, 0.2) is 40.1 Å². The number of aromatic nitrogens is 1. The van der Waals surface area contributed by atoms with E-state index in [1.165, 1.54) is 29.7 Å². The quantitative estimate of drug-likeness (QED) is 0.871. The lowest BCUT2D eigenvalue weighted by Gasteiger charge is -2.05. The van der Waals surface area contributed by atoms with Gasteiger partial charge in [0.15, 0.2) is 0 Å². The van der Waals surface area contributed by atoms with E-state index in [0.717, 1.165) is 0 Å². The first-order chi connectivity index (χ1) is 7.58. The normalized spacial score (nSPS) is 11.2. The number of hydrogen-bond acceptors (Lipinski definition) is 5. The molecule has 0 aliphatic heterocycles. The molecular weight excluding hydrogens is 246 g/mol. The van der Waals surface area contributed by atoms with E-state index in [2.05, 4.69) is 9.71 Å². The summed E-state index contributed by atoms with van der Waals surface area (Å²) in [5.74, 6) is 0.287. The number of rotatable bonds is 3. The zero-order chi connectivity index (χ0) is 11.6. The number of nitrogen functional groups attached to an aromatic ring is 1. The highest BCUT2D eigenvalue weighted by atomic mass is 32.2. The van der Waals surface area contributed by atoms with E-state index in [1.54, 1.807) is 16.8 Å². The number of pyridine rings is 1. The summed E-state index contributed by atoms with van der Waals surface area (Å²) in [6.07, 6.45) is 1.23. The number of hydrogen-bond donors (Lipinski definition) is 2. The fraction of sp³-hybridized carbons (Fsp3) is 0. The molecule has 2 heterocycles. The van der Waals surface area contributed by atoms with Crippen LogP contribution in [-0.4, -0.2) is 13.4 Å². The third-order valence-electron chi connectivity index (χ3n) is 1.84. The molecular formula is C9H9N3O2S2. The highest BCUT2D eigenvalue weighted by molar-refractivity contribution is 7.92. The molecule has 2 aromatic heterocycles. The molecule has 0 aromatic carbocycles. The Balaban J connectivity index is 2.29. The van der Waals surface area contributed by atoms with Crippen molar-refractivity contribution < 1.29 is 8.42 Å². The van der Waals surface area contributed by atoms with Gasteiger partial charge in [0.25, 0.3) is 10.0 Å². The Hall–Kier alpha value is -1.60. The van der Waals surface area contributed by atoms with Gasteiger partial charge in [0, 0.05) is 11.6 Å². The Morgan fingerprint density at radius 3 is 2.69 bits per heavy atom. The third-order valence-corrected chi connectivity index (χ3v) is 3.89. The predicted octanol–water partition coefficient (Wildman–Crippen LogP) is 1.53. The van der Waals surface area contributed by atoms with Gasteiger partial charge in [0.1, 0.15) is 10.7 Å². The lowest BCUT2D eigenvalue weighted by atomic mass is 10.5. The van der Waals surface area contributed by atoms with E-state index in [0.29, 0.717) is 5.69 Å². The molecule has 5 nitrogen and oxygen atoms in total. The Bertz CT molecular complexity index is 561. The van der Waals surface area contributed by atoms with E-state index in [1.807, 2.05) is 0 Å². The summed E-state index contributed by atoms with van der Waals surface area (Å²) < 4.78 is 26.1. The largest absolute Gasteiger partial charge is 0.384 e. The van der Waals surface area contributed by atoms with Gasteiger partial charge in [0.05, 0.1) is 5.69 Å². The molecule has 0 aliphatic rings. The summed E-state index contributed by atoms with van der Waals surface area (Å²) in [5.41, 5.74) is 5.92.